The normalized spacial score (nSPS) is 21.7. The molecule has 0 radical (unpaired) electrons. The average Bonchev–Trinajstić information content (AvgIpc) is 3.20. The molecule has 1 atom stereocenters. The summed E-state index contributed by atoms with van der Waals surface area (Å²) in [5, 5.41) is 6.33. The highest BCUT2D eigenvalue weighted by Gasteiger charge is 2.57. The first-order valence-electron chi connectivity index (χ1n) is 8.96. The summed E-state index contributed by atoms with van der Waals surface area (Å²) in [6.07, 6.45) is 3.10. The number of nitrogens with one attached hydrogen (secondary N) is 2. The smallest absolute Gasteiger partial charge is 0.228 e. The number of sulfone groups is 1. The first kappa shape index (κ1) is 21.2. The lowest BCUT2D eigenvalue weighted by atomic mass is 9.92. The van der Waals surface area contributed by atoms with E-state index in [-0.39, 0.29) is 35.4 Å². The van der Waals surface area contributed by atoms with Crippen LogP contribution in [0.5, 0.6) is 0 Å². The van der Waals surface area contributed by atoms with Crippen LogP contribution in [0.4, 0.5) is 5.69 Å². The highest BCUT2D eigenvalue weighted by atomic mass is 35.5. The molecule has 0 aromatic heterocycles. The number of halogens is 1. The Morgan fingerprint density at radius 3 is 2.54 bits per heavy atom. The van der Waals surface area contributed by atoms with Gasteiger partial charge in [0.1, 0.15) is 0 Å². The van der Waals surface area contributed by atoms with E-state index < -0.39 is 14.6 Å². The quantitative estimate of drug-likeness (QED) is 0.814. The van der Waals surface area contributed by atoms with Gasteiger partial charge < -0.3 is 10.6 Å². The molecule has 2 N–H and O–H groups in total. The third kappa shape index (κ3) is 4.41. The highest BCUT2D eigenvalue weighted by molar-refractivity contribution is 7.91. The van der Waals surface area contributed by atoms with Gasteiger partial charge in [-0.05, 0) is 76.2 Å². The van der Waals surface area contributed by atoms with Gasteiger partial charge in [0.2, 0.25) is 5.91 Å². The highest BCUT2D eigenvalue weighted by Crippen LogP contribution is 2.58. The molecule has 1 aromatic carbocycles. The van der Waals surface area contributed by atoms with Gasteiger partial charge in [-0.1, -0.05) is 12.1 Å². The van der Waals surface area contributed by atoms with Crippen LogP contribution in [-0.4, -0.2) is 32.2 Å². The second kappa shape index (κ2) is 7.49. The monoisotopic (exact) mass is 400 g/mol. The van der Waals surface area contributed by atoms with Crippen LogP contribution < -0.4 is 10.6 Å². The number of anilines is 1. The maximum atomic E-state index is 12.6. The van der Waals surface area contributed by atoms with Crippen LogP contribution in [0.3, 0.4) is 0 Å². The van der Waals surface area contributed by atoms with E-state index in [1.807, 2.05) is 6.07 Å². The van der Waals surface area contributed by atoms with Crippen molar-refractivity contribution >= 4 is 33.8 Å². The minimum absolute atomic E-state index is 0. The van der Waals surface area contributed by atoms with E-state index in [2.05, 4.69) is 10.6 Å². The van der Waals surface area contributed by atoms with Crippen LogP contribution >= 0.6 is 12.4 Å². The second-order valence-electron chi connectivity index (χ2n) is 8.43. The summed E-state index contributed by atoms with van der Waals surface area (Å²) >= 11 is 0. The molecule has 26 heavy (non-hydrogen) atoms. The van der Waals surface area contributed by atoms with Crippen molar-refractivity contribution in [3.63, 3.8) is 0 Å². The predicted octanol–water partition coefficient (Wildman–Crippen LogP) is 3.15. The molecule has 0 bridgehead atoms. The first-order chi connectivity index (χ1) is 11.6. The summed E-state index contributed by atoms with van der Waals surface area (Å²) < 4.78 is 24.0. The number of rotatable bonds is 4. The van der Waals surface area contributed by atoms with Gasteiger partial charge in [-0.2, -0.15) is 0 Å². The number of hydrogen-bond acceptors (Lipinski definition) is 4. The zero-order chi connectivity index (χ0) is 18.3. The molecule has 2 fully saturated rings. The lowest BCUT2D eigenvalue weighted by Crippen LogP contribution is -2.31. The van der Waals surface area contributed by atoms with Gasteiger partial charge in [-0.25, -0.2) is 8.42 Å². The van der Waals surface area contributed by atoms with Gasteiger partial charge in [0, 0.05) is 11.6 Å². The fourth-order valence-electron chi connectivity index (χ4n) is 3.60. The lowest BCUT2D eigenvalue weighted by molar-refractivity contribution is -0.118. The van der Waals surface area contributed by atoms with E-state index in [4.69, 9.17) is 0 Å². The molecule has 1 saturated carbocycles. The number of piperidine rings is 1. The van der Waals surface area contributed by atoms with Crippen LogP contribution in [0.2, 0.25) is 0 Å². The second-order valence-corrected chi connectivity index (χ2v) is 11.2. The minimum Gasteiger partial charge on any atom is -0.326 e. The van der Waals surface area contributed by atoms with Crippen molar-refractivity contribution in [2.75, 3.05) is 18.4 Å². The van der Waals surface area contributed by atoms with Crippen molar-refractivity contribution in [3.05, 3.63) is 29.8 Å². The predicted molar refractivity (Wildman–Crippen MR) is 107 cm³/mol. The van der Waals surface area contributed by atoms with E-state index >= 15 is 0 Å². The van der Waals surface area contributed by atoms with Crippen molar-refractivity contribution in [1.82, 2.24) is 5.32 Å². The fraction of sp³-hybridized carbons (Fsp3) is 0.632. The van der Waals surface area contributed by atoms with Crippen molar-refractivity contribution in [2.45, 2.75) is 50.5 Å². The number of carbonyl (C=O) groups is 1. The van der Waals surface area contributed by atoms with Crippen LogP contribution in [0.25, 0.3) is 0 Å². The number of carbonyl (C=O) groups excluding carboxylic acids is 1. The molecule has 1 spiro atoms. The zero-order valence-electron chi connectivity index (χ0n) is 15.7. The van der Waals surface area contributed by atoms with Crippen molar-refractivity contribution in [3.8, 4) is 0 Å². The SMILES string of the molecule is CC(C)(C)S(=O)(=O)Cc1cccc(NC(=O)C2CC23CCNCC3)c1.Cl. The topological polar surface area (TPSA) is 75.3 Å². The molecule has 7 heteroatoms. The molecule has 1 unspecified atom stereocenters. The van der Waals surface area contributed by atoms with Crippen molar-refractivity contribution < 1.29 is 13.2 Å². The molecule has 3 rings (SSSR count). The van der Waals surface area contributed by atoms with E-state index in [0.717, 1.165) is 32.4 Å². The zero-order valence-corrected chi connectivity index (χ0v) is 17.3. The first-order valence-corrected chi connectivity index (χ1v) is 10.6. The van der Waals surface area contributed by atoms with E-state index in [0.29, 0.717) is 11.3 Å². The summed E-state index contributed by atoms with van der Waals surface area (Å²) in [7, 11) is -3.24. The molecule has 1 heterocycles. The molecular weight excluding hydrogens is 372 g/mol. The summed E-state index contributed by atoms with van der Waals surface area (Å²) in [6.45, 7) is 7.10. The van der Waals surface area contributed by atoms with Crippen LogP contribution in [-0.2, 0) is 20.4 Å². The number of amides is 1. The average molecular weight is 401 g/mol. The van der Waals surface area contributed by atoms with E-state index in [1.54, 1.807) is 39.0 Å². The van der Waals surface area contributed by atoms with E-state index in [9.17, 15) is 13.2 Å². The Morgan fingerprint density at radius 2 is 1.92 bits per heavy atom. The molecule has 2 aliphatic rings. The summed E-state index contributed by atoms with van der Waals surface area (Å²) in [5.74, 6) is 0.147. The Bertz CT molecular complexity index is 765. The molecule has 146 valence electrons. The van der Waals surface area contributed by atoms with Crippen molar-refractivity contribution in [1.29, 1.82) is 0 Å². The Kier molecular flexibility index (Phi) is 6.10. The molecule has 1 aromatic rings. The maximum Gasteiger partial charge on any atom is 0.228 e. The third-order valence-corrected chi connectivity index (χ3v) is 8.17. The van der Waals surface area contributed by atoms with Crippen LogP contribution in [0.15, 0.2) is 24.3 Å². The van der Waals surface area contributed by atoms with Crippen LogP contribution in [0, 0.1) is 11.3 Å². The van der Waals surface area contributed by atoms with Gasteiger partial charge in [0.25, 0.3) is 0 Å². The molecule has 1 aliphatic carbocycles. The Labute approximate surface area is 162 Å². The Morgan fingerprint density at radius 1 is 1.27 bits per heavy atom. The van der Waals surface area contributed by atoms with Gasteiger partial charge in [-0.15, -0.1) is 12.4 Å². The number of hydrogen-bond donors (Lipinski definition) is 2. The van der Waals surface area contributed by atoms with Gasteiger partial charge in [-0.3, -0.25) is 4.79 Å². The summed E-state index contributed by atoms with van der Waals surface area (Å²) in [6, 6.07) is 7.20. The molecule has 5 nitrogen and oxygen atoms in total. The molecule has 1 amide bonds. The number of benzene rings is 1. The van der Waals surface area contributed by atoms with Gasteiger partial charge in [0.05, 0.1) is 10.5 Å². The largest absolute Gasteiger partial charge is 0.326 e. The van der Waals surface area contributed by atoms with Gasteiger partial charge >= 0.3 is 0 Å². The van der Waals surface area contributed by atoms with Gasteiger partial charge in [0.15, 0.2) is 9.84 Å². The minimum atomic E-state index is -3.24. The standard InChI is InChI=1S/C19H28N2O3S.ClH/c1-18(2,3)25(23,24)13-14-5-4-6-15(11-14)21-17(22)16-12-19(16)7-9-20-10-8-19;/h4-6,11,16,20H,7-10,12-13H2,1-3H3,(H,21,22);1H. The maximum absolute atomic E-state index is 12.6. The fourth-order valence-corrected chi connectivity index (χ4v) is 4.65. The van der Waals surface area contributed by atoms with Crippen molar-refractivity contribution in [2.24, 2.45) is 11.3 Å². The third-order valence-electron chi connectivity index (χ3n) is 5.59. The Balaban J connectivity index is 0.00000243. The summed E-state index contributed by atoms with van der Waals surface area (Å²) in [4.78, 5) is 12.6. The summed E-state index contributed by atoms with van der Waals surface area (Å²) in [5.41, 5.74) is 1.59. The van der Waals surface area contributed by atoms with E-state index in [1.165, 1.54) is 0 Å². The molecule has 1 aliphatic heterocycles. The molecular formula is C19H29ClN2O3S. The van der Waals surface area contributed by atoms with Crippen LogP contribution in [0.1, 0.15) is 45.6 Å². The lowest BCUT2D eigenvalue weighted by Gasteiger charge is -2.23. The Hall–Kier alpha value is -1.11. The molecule has 1 saturated heterocycles.